The van der Waals surface area contributed by atoms with E-state index in [0.29, 0.717) is 0 Å². The van der Waals surface area contributed by atoms with Crippen LogP contribution < -0.4 is 0 Å². The maximum atomic E-state index is 7.57. The van der Waals surface area contributed by atoms with Gasteiger partial charge in [-0.1, -0.05) is 59.1 Å². The Morgan fingerprint density at radius 1 is 0.800 bits per heavy atom. The monoisotopic (exact) mass is 392 g/mol. The summed E-state index contributed by atoms with van der Waals surface area (Å²) in [5.41, 5.74) is 2.99. The van der Waals surface area contributed by atoms with Crippen LogP contribution in [-0.4, -0.2) is 40.1 Å². The van der Waals surface area contributed by atoms with Crippen LogP contribution in [0.15, 0.2) is 6.07 Å². The number of aromatic amines is 1. The van der Waals surface area contributed by atoms with E-state index < -0.39 is 0 Å². The molecule has 4 nitrogen and oxygen atoms in total. The van der Waals surface area contributed by atoms with E-state index in [9.17, 15) is 0 Å². The van der Waals surface area contributed by atoms with Crippen LogP contribution in [0.1, 0.15) is 86.5 Å². The molecule has 4 N–H and O–H groups in total. The summed E-state index contributed by atoms with van der Waals surface area (Å²) in [7, 11) is 0. The molecule has 0 saturated carbocycles. The van der Waals surface area contributed by atoms with Crippen LogP contribution in [0.5, 0.6) is 0 Å². The van der Waals surface area contributed by atoms with Crippen molar-refractivity contribution in [3.05, 3.63) is 23.5 Å². The number of hydrogen-bond acceptors (Lipinski definition) is 3. The molecule has 0 bridgehead atoms. The topological polar surface area (TPSA) is 76.5 Å². The number of nitrogens with one attached hydrogen (secondary N) is 1. The second-order valence-corrected chi connectivity index (χ2v) is 6.63. The molecule has 0 spiro atoms. The van der Waals surface area contributed by atoms with Crippen LogP contribution >= 0.6 is 0 Å². The third-order valence-electron chi connectivity index (χ3n) is 3.79. The Morgan fingerprint density at radius 2 is 1.12 bits per heavy atom. The van der Waals surface area contributed by atoms with Crippen molar-refractivity contribution >= 4 is 0 Å². The van der Waals surface area contributed by atoms with Crippen molar-refractivity contribution in [1.29, 1.82) is 0 Å². The molecule has 5 heteroatoms. The van der Waals surface area contributed by atoms with Gasteiger partial charge >= 0.3 is 0 Å². The smallest absolute Gasteiger partial charge is 0.0402 e. The van der Waals surface area contributed by atoms with Gasteiger partial charge in [0.2, 0.25) is 0 Å². The van der Waals surface area contributed by atoms with Crippen molar-refractivity contribution in [3.63, 3.8) is 0 Å². The molecule has 0 radical (unpaired) electrons. The van der Waals surface area contributed by atoms with Crippen LogP contribution in [0, 0.1) is 6.07 Å². The van der Waals surface area contributed by atoms with E-state index in [2.05, 4.69) is 58.7 Å². The SMILES string of the molecule is CCC(C)(C)c1[c-]cc(C(C)(C)CC)[nH]1.CCO.CCO.CCO.[Ti]. The Bertz CT molecular complexity index is 342. The van der Waals surface area contributed by atoms with Crippen LogP contribution in [-0.2, 0) is 32.5 Å². The van der Waals surface area contributed by atoms with E-state index in [1.54, 1.807) is 20.8 Å². The van der Waals surface area contributed by atoms with Crippen molar-refractivity contribution in [2.45, 2.75) is 86.0 Å². The summed E-state index contributed by atoms with van der Waals surface area (Å²) >= 11 is 0. The Balaban J connectivity index is -0.000000186. The van der Waals surface area contributed by atoms with Gasteiger partial charge in [-0.2, -0.15) is 0 Å². The van der Waals surface area contributed by atoms with Crippen LogP contribution in [0.25, 0.3) is 0 Å². The quantitative estimate of drug-likeness (QED) is 0.459. The van der Waals surface area contributed by atoms with E-state index in [1.165, 1.54) is 11.4 Å². The zero-order chi connectivity index (χ0) is 19.8. The van der Waals surface area contributed by atoms with Gasteiger partial charge in [-0.05, 0) is 32.6 Å². The summed E-state index contributed by atoms with van der Waals surface area (Å²) < 4.78 is 0. The summed E-state index contributed by atoms with van der Waals surface area (Å²) in [6.45, 7) is 19.3. The second-order valence-electron chi connectivity index (χ2n) is 6.63. The molecule has 1 heterocycles. The van der Waals surface area contributed by atoms with Gasteiger partial charge in [-0.3, -0.25) is 0 Å². The molecule has 1 rings (SSSR count). The maximum absolute atomic E-state index is 7.57. The summed E-state index contributed by atoms with van der Waals surface area (Å²) in [6.07, 6.45) is 2.28. The van der Waals surface area contributed by atoms with Gasteiger partial charge < -0.3 is 20.3 Å². The van der Waals surface area contributed by atoms with Gasteiger partial charge in [0.15, 0.2) is 0 Å². The second kappa shape index (κ2) is 18.7. The fourth-order valence-electron chi connectivity index (χ4n) is 1.45. The van der Waals surface area contributed by atoms with E-state index in [4.69, 9.17) is 15.3 Å². The first-order valence-electron chi connectivity index (χ1n) is 9.02. The summed E-state index contributed by atoms with van der Waals surface area (Å²) in [6, 6.07) is 5.50. The predicted octanol–water partition coefficient (Wildman–Crippen LogP) is 4.18. The molecule has 1 aromatic heterocycles. The molecule has 150 valence electrons. The standard InChI is InChI=1S/C14H24N.3C2H6O.Ti/c1-7-13(3,4)11-9-10-12(15-11)14(5,6)8-2;3*1-2-3;/h9,15H,7-8H2,1-6H3;3*3H,2H2,1H3;/q-1;;;;. The summed E-state index contributed by atoms with van der Waals surface area (Å²) in [5.74, 6) is 0. The summed E-state index contributed by atoms with van der Waals surface area (Å²) in [4.78, 5) is 3.54. The average molecular weight is 392 g/mol. The predicted molar refractivity (Wildman–Crippen MR) is 105 cm³/mol. The number of rotatable bonds is 4. The Labute approximate surface area is 171 Å². The molecular weight excluding hydrogens is 350 g/mol. The Morgan fingerprint density at radius 3 is 1.40 bits per heavy atom. The van der Waals surface area contributed by atoms with Gasteiger partial charge in [-0.15, -0.1) is 5.69 Å². The molecule has 0 aliphatic heterocycles. The molecule has 0 aliphatic carbocycles. The average Bonchev–Trinajstić information content (AvgIpc) is 3.01. The van der Waals surface area contributed by atoms with Crippen molar-refractivity contribution in [1.82, 2.24) is 4.98 Å². The van der Waals surface area contributed by atoms with Crippen LogP contribution in [0.3, 0.4) is 0 Å². The van der Waals surface area contributed by atoms with Crippen LogP contribution in [0.2, 0.25) is 0 Å². The van der Waals surface area contributed by atoms with Crippen molar-refractivity contribution in [2.24, 2.45) is 0 Å². The van der Waals surface area contributed by atoms with E-state index >= 15 is 0 Å². The van der Waals surface area contributed by atoms with Gasteiger partial charge in [0.05, 0.1) is 0 Å². The normalized spacial score (nSPS) is 10.1. The molecule has 1 aromatic rings. The van der Waals surface area contributed by atoms with Crippen LogP contribution in [0.4, 0.5) is 0 Å². The molecule has 0 atom stereocenters. The van der Waals surface area contributed by atoms with E-state index in [1.807, 2.05) is 0 Å². The van der Waals surface area contributed by atoms with Gasteiger partial charge in [0.1, 0.15) is 0 Å². The number of hydrogen-bond donors (Lipinski definition) is 4. The molecule has 0 unspecified atom stereocenters. The molecule has 0 saturated heterocycles. The first-order chi connectivity index (χ1) is 11.1. The minimum atomic E-state index is 0. The maximum Gasteiger partial charge on any atom is 0.0402 e. The number of aliphatic hydroxyl groups excluding tert-OH is 3. The minimum Gasteiger partial charge on any atom is -0.454 e. The fourth-order valence-corrected chi connectivity index (χ4v) is 1.45. The zero-order valence-electron chi connectivity index (χ0n) is 18.0. The number of H-pyrrole nitrogens is 1. The van der Waals surface area contributed by atoms with E-state index in [0.717, 1.165) is 12.8 Å². The van der Waals surface area contributed by atoms with Crippen molar-refractivity contribution in [3.8, 4) is 0 Å². The fraction of sp³-hybridized carbons (Fsp3) is 0.800. The third kappa shape index (κ3) is 15.8. The van der Waals surface area contributed by atoms with Crippen molar-refractivity contribution in [2.75, 3.05) is 19.8 Å². The summed E-state index contributed by atoms with van der Waals surface area (Å²) in [5, 5.41) is 22.7. The first kappa shape index (κ1) is 32.5. The van der Waals surface area contributed by atoms with Gasteiger partial charge in [0.25, 0.3) is 0 Å². The van der Waals surface area contributed by atoms with Gasteiger partial charge in [0, 0.05) is 41.5 Å². The van der Waals surface area contributed by atoms with Crippen molar-refractivity contribution < 1.29 is 37.0 Å². The Hall–Kier alpha value is -0.126. The Kier molecular flexibility index (Phi) is 24.3. The van der Waals surface area contributed by atoms with Gasteiger partial charge in [-0.25, -0.2) is 12.1 Å². The number of aliphatic hydroxyl groups is 3. The first-order valence-corrected chi connectivity index (χ1v) is 9.02. The zero-order valence-corrected chi connectivity index (χ0v) is 19.5. The molecule has 0 aliphatic rings. The third-order valence-corrected chi connectivity index (χ3v) is 3.79. The molecule has 0 amide bonds. The van der Waals surface area contributed by atoms with E-state index in [-0.39, 0.29) is 52.4 Å². The minimum absolute atomic E-state index is 0. The largest absolute Gasteiger partial charge is 0.454 e. The molecule has 25 heavy (non-hydrogen) atoms. The molecule has 0 aromatic carbocycles. The molecular formula is C20H42NO3Ti-. The number of aromatic nitrogens is 1. The molecule has 0 fully saturated rings.